The number of hydrogen-bond donors (Lipinski definition) is 2. The molecule has 0 aromatic carbocycles. The first-order valence-corrected chi connectivity index (χ1v) is 5.13. The summed E-state index contributed by atoms with van der Waals surface area (Å²) in [6, 6.07) is 0.715. The van der Waals surface area contributed by atoms with Crippen LogP contribution in [-0.4, -0.2) is 26.2 Å². The molecule has 0 saturated carbocycles. The van der Waals surface area contributed by atoms with E-state index in [1.54, 1.807) is 0 Å². The fourth-order valence-electron chi connectivity index (χ4n) is 2.32. The van der Waals surface area contributed by atoms with Gasteiger partial charge in [-0.2, -0.15) is 0 Å². The van der Waals surface area contributed by atoms with Crippen molar-refractivity contribution in [1.82, 2.24) is 10.6 Å². The molecule has 0 aliphatic carbocycles. The summed E-state index contributed by atoms with van der Waals surface area (Å²) < 4.78 is 0. The maximum Gasteiger partial charge on any atom is 0.0116 e. The minimum absolute atomic E-state index is 0.715. The summed E-state index contributed by atoms with van der Waals surface area (Å²) in [4.78, 5) is 0. The summed E-state index contributed by atoms with van der Waals surface area (Å²) in [5, 5.41) is 6.85. The van der Waals surface area contributed by atoms with Crippen LogP contribution in [0.2, 0.25) is 0 Å². The minimum Gasteiger partial charge on any atom is -0.317 e. The summed E-state index contributed by atoms with van der Waals surface area (Å²) in [6.07, 6.45) is 2.67. The Morgan fingerprint density at radius 3 is 2.25 bits per heavy atom. The number of rotatable bonds is 3. The van der Waals surface area contributed by atoms with Gasteiger partial charge in [0.25, 0.3) is 0 Å². The zero-order chi connectivity index (χ0) is 8.97. The van der Waals surface area contributed by atoms with Gasteiger partial charge in [0, 0.05) is 6.04 Å². The molecule has 0 spiro atoms. The van der Waals surface area contributed by atoms with E-state index in [2.05, 4.69) is 31.5 Å². The molecule has 1 aliphatic rings. The highest BCUT2D eigenvalue weighted by Crippen LogP contribution is 2.21. The highest BCUT2D eigenvalue weighted by molar-refractivity contribution is 4.81. The smallest absolute Gasteiger partial charge is 0.0116 e. The van der Waals surface area contributed by atoms with Crippen LogP contribution >= 0.6 is 0 Å². The van der Waals surface area contributed by atoms with Crippen molar-refractivity contribution in [2.24, 2.45) is 11.8 Å². The molecule has 2 heteroatoms. The second-order valence-corrected chi connectivity index (χ2v) is 4.15. The average Bonchev–Trinajstić information content (AvgIpc) is 2.07. The van der Waals surface area contributed by atoms with E-state index in [-0.39, 0.29) is 0 Å². The maximum absolute atomic E-state index is 3.44. The first kappa shape index (κ1) is 10.0. The molecule has 1 aliphatic heterocycles. The standard InChI is InChI=1S/C10H22N2/c1-8(2)10(11-3)9-4-6-12-7-5-9/h8-12H,4-7H2,1-3H3. The van der Waals surface area contributed by atoms with Gasteiger partial charge in [-0.15, -0.1) is 0 Å². The molecule has 0 aromatic heterocycles. The third kappa shape index (κ3) is 2.46. The van der Waals surface area contributed by atoms with Crippen molar-refractivity contribution in [2.45, 2.75) is 32.7 Å². The van der Waals surface area contributed by atoms with Gasteiger partial charge < -0.3 is 10.6 Å². The Kier molecular flexibility index (Phi) is 4.02. The summed E-state index contributed by atoms with van der Waals surface area (Å²) in [7, 11) is 2.09. The van der Waals surface area contributed by atoms with Crippen LogP contribution in [0.3, 0.4) is 0 Å². The Labute approximate surface area is 76.1 Å². The van der Waals surface area contributed by atoms with Crippen LogP contribution in [0.1, 0.15) is 26.7 Å². The lowest BCUT2D eigenvalue weighted by Gasteiger charge is -2.33. The van der Waals surface area contributed by atoms with Gasteiger partial charge >= 0.3 is 0 Å². The first-order valence-electron chi connectivity index (χ1n) is 5.13. The number of hydrogen-bond acceptors (Lipinski definition) is 2. The summed E-state index contributed by atoms with van der Waals surface area (Å²) in [5.41, 5.74) is 0. The van der Waals surface area contributed by atoms with E-state index >= 15 is 0 Å². The van der Waals surface area contributed by atoms with Crippen LogP contribution < -0.4 is 10.6 Å². The zero-order valence-electron chi connectivity index (χ0n) is 8.56. The van der Waals surface area contributed by atoms with E-state index in [9.17, 15) is 0 Å². The van der Waals surface area contributed by atoms with Gasteiger partial charge in [0.05, 0.1) is 0 Å². The highest BCUT2D eigenvalue weighted by atomic mass is 14.9. The molecule has 1 fully saturated rings. The minimum atomic E-state index is 0.715. The van der Waals surface area contributed by atoms with Gasteiger partial charge in [-0.3, -0.25) is 0 Å². The van der Waals surface area contributed by atoms with Crippen LogP contribution in [0, 0.1) is 11.8 Å². The van der Waals surface area contributed by atoms with Crippen molar-refractivity contribution >= 4 is 0 Å². The Hall–Kier alpha value is -0.0800. The van der Waals surface area contributed by atoms with E-state index < -0.39 is 0 Å². The van der Waals surface area contributed by atoms with Gasteiger partial charge in [-0.25, -0.2) is 0 Å². The van der Waals surface area contributed by atoms with Gasteiger partial charge in [0.1, 0.15) is 0 Å². The van der Waals surface area contributed by atoms with Crippen LogP contribution in [0.5, 0.6) is 0 Å². The molecule has 0 aromatic rings. The molecular formula is C10H22N2. The molecule has 0 amide bonds. The molecule has 72 valence electrons. The van der Waals surface area contributed by atoms with Crippen LogP contribution in [0.4, 0.5) is 0 Å². The molecule has 2 nitrogen and oxygen atoms in total. The van der Waals surface area contributed by atoms with Crippen molar-refractivity contribution in [3.8, 4) is 0 Å². The van der Waals surface area contributed by atoms with Gasteiger partial charge in [-0.05, 0) is 44.8 Å². The first-order chi connectivity index (χ1) is 5.75. The van der Waals surface area contributed by atoms with Crippen molar-refractivity contribution in [3.63, 3.8) is 0 Å². The summed E-state index contributed by atoms with van der Waals surface area (Å²) >= 11 is 0. The van der Waals surface area contributed by atoms with Crippen LogP contribution in [0.25, 0.3) is 0 Å². The average molecular weight is 170 g/mol. The second kappa shape index (κ2) is 4.83. The van der Waals surface area contributed by atoms with Crippen LogP contribution in [0.15, 0.2) is 0 Å². The second-order valence-electron chi connectivity index (χ2n) is 4.15. The lowest BCUT2D eigenvalue weighted by Crippen LogP contribution is -2.43. The molecule has 12 heavy (non-hydrogen) atoms. The van der Waals surface area contributed by atoms with Crippen molar-refractivity contribution in [2.75, 3.05) is 20.1 Å². The topological polar surface area (TPSA) is 24.1 Å². The molecule has 1 heterocycles. The third-order valence-electron chi connectivity index (χ3n) is 2.94. The van der Waals surface area contributed by atoms with Gasteiger partial charge in [0.15, 0.2) is 0 Å². The fourth-order valence-corrected chi connectivity index (χ4v) is 2.32. The van der Waals surface area contributed by atoms with Crippen LogP contribution in [-0.2, 0) is 0 Å². The van der Waals surface area contributed by atoms with Crippen molar-refractivity contribution < 1.29 is 0 Å². The monoisotopic (exact) mass is 170 g/mol. The molecular weight excluding hydrogens is 148 g/mol. The molecule has 2 N–H and O–H groups in total. The molecule has 0 radical (unpaired) electrons. The molecule has 1 unspecified atom stereocenters. The van der Waals surface area contributed by atoms with E-state index in [1.165, 1.54) is 25.9 Å². The number of nitrogens with one attached hydrogen (secondary N) is 2. The predicted molar refractivity (Wildman–Crippen MR) is 53.3 cm³/mol. The van der Waals surface area contributed by atoms with E-state index in [1.807, 2.05) is 0 Å². The SMILES string of the molecule is CNC(C(C)C)C1CCNCC1. The van der Waals surface area contributed by atoms with Crippen molar-refractivity contribution in [1.29, 1.82) is 0 Å². The molecule has 1 rings (SSSR count). The Bertz CT molecular complexity index is 117. The van der Waals surface area contributed by atoms with Gasteiger partial charge in [-0.1, -0.05) is 13.8 Å². The van der Waals surface area contributed by atoms with Crippen molar-refractivity contribution in [3.05, 3.63) is 0 Å². The normalized spacial score (nSPS) is 23.0. The lowest BCUT2D eigenvalue weighted by atomic mass is 9.84. The third-order valence-corrected chi connectivity index (χ3v) is 2.94. The quantitative estimate of drug-likeness (QED) is 0.665. The Morgan fingerprint density at radius 1 is 1.25 bits per heavy atom. The highest BCUT2D eigenvalue weighted by Gasteiger charge is 2.24. The lowest BCUT2D eigenvalue weighted by molar-refractivity contribution is 0.242. The van der Waals surface area contributed by atoms with E-state index in [0.29, 0.717) is 6.04 Å². The molecule has 0 bridgehead atoms. The Morgan fingerprint density at radius 2 is 1.83 bits per heavy atom. The maximum atomic E-state index is 3.44. The summed E-state index contributed by atoms with van der Waals surface area (Å²) in [5.74, 6) is 1.65. The fraction of sp³-hybridized carbons (Fsp3) is 1.00. The largest absolute Gasteiger partial charge is 0.317 e. The Balaban J connectivity index is 2.40. The van der Waals surface area contributed by atoms with E-state index in [0.717, 1.165) is 11.8 Å². The zero-order valence-corrected chi connectivity index (χ0v) is 8.56. The van der Waals surface area contributed by atoms with Gasteiger partial charge in [0.2, 0.25) is 0 Å². The molecule has 1 atom stereocenters. The number of piperidine rings is 1. The summed E-state index contributed by atoms with van der Waals surface area (Å²) in [6.45, 7) is 7.03. The predicted octanol–water partition coefficient (Wildman–Crippen LogP) is 1.23. The van der Waals surface area contributed by atoms with E-state index in [4.69, 9.17) is 0 Å². The molecule has 1 saturated heterocycles.